The first kappa shape index (κ1) is 23.0. The van der Waals surface area contributed by atoms with Crippen LogP contribution in [0.3, 0.4) is 0 Å². The van der Waals surface area contributed by atoms with Gasteiger partial charge in [0, 0.05) is 38.7 Å². The van der Waals surface area contributed by atoms with E-state index >= 15 is 0 Å². The lowest BCUT2D eigenvalue weighted by molar-refractivity contribution is -0.0498. The van der Waals surface area contributed by atoms with Gasteiger partial charge in [-0.05, 0) is 17.7 Å². The highest BCUT2D eigenvalue weighted by Gasteiger charge is 2.07. The molecule has 8 heteroatoms. The van der Waals surface area contributed by atoms with Crippen molar-refractivity contribution >= 4 is 41.7 Å². The van der Waals surface area contributed by atoms with Crippen molar-refractivity contribution in [3.05, 3.63) is 42.5 Å². The van der Waals surface area contributed by atoms with E-state index in [9.17, 15) is 8.78 Å². The fourth-order valence-electron chi connectivity index (χ4n) is 1.91. The van der Waals surface area contributed by atoms with Crippen LogP contribution < -0.4 is 10.1 Å². The van der Waals surface area contributed by atoms with Gasteiger partial charge >= 0.3 is 6.61 Å². The molecule has 0 bridgehead atoms. The Bertz CT molecular complexity index is 501. The number of nitrogens with one attached hydrogen (secondary N) is 1. The molecule has 136 valence electrons. The quantitative estimate of drug-likeness (QED) is 0.195. The van der Waals surface area contributed by atoms with Crippen LogP contribution in [0.1, 0.15) is 5.56 Å². The molecule has 1 aromatic carbocycles. The molecular weight excluding hydrogens is 447 g/mol. The minimum Gasteiger partial charge on any atom is -0.435 e. The van der Waals surface area contributed by atoms with Gasteiger partial charge < -0.3 is 15.0 Å². The van der Waals surface area contributed by atoms with Crippen molar-refractivity contribution in [1.82, 2.24) is 10.2 Å². The molecule has 0 heterocycles. The van der Waals surface area contributed by atoms with Crippen LogP contribution in [-0.4, -0.2) is 49.6 Å². The lowest BCUT2D eigenvalue weighted by Gasteiger charge is -2.22. The maximum Gasteiger partial charge on any atom is 0.387 e. The molecule has 0 atom stereocenters. The molecule has 0 aliphatic heterocycles. The van der Waals surface area contributed by atoms with Crippen LogP contribution in [0.2, 0.25) is 0 Å². The van der Waals surface area contributed by atoms with Crippen molar-refractivity contribution in [2.75, 3.05) is 32.1 Å². The molecule has 0 saturated carbocycles. The van der Waals surface area contributed by atoms with E-state index < -0.39 is 6.61 Å². The zero-order chi connectivity index (χ0) is 17.1. The number of ether oxygens (including phenoxy) is 1. The van der Waals surface area contributed by atoms with Crippen LogP contribution >= 0.6 is 35.7 Å². The van der Waals surface area contributed by atoms with E-state index in [0.717, 1.165) is 29.6 Å². The molecule has 0 aliphatic rings. The number of guanidine groups is 1. The van der Waals surface area contributed by atoms with Crippen molar-refractivity contribution in [3.8, 4) is 5.75 Å². The van der Waals surface area contributed by atoms with Crippen molar-refractivity contribution in [2.45, 2.75) is 13.2 Å². The van der Waals surface area contributed by atoms with Gasteiger partial charge in [-0.1, -0.05) is 18.2 Å². The molecule has 0 radical (unpaired) electrons. The van der Waals surface area contributed by atoms with E-state index in [1.807, 2.05) is 18.0 Å². The first-order chi connectivity index (χ1) is 11.1. The van der Waals surface area contributed by atoms with Gasteiger partial charge in [0.1, 0.15) is 5.75 Å². The molecule has 0 amide bonds. The molecule has 0 saturated heterocycles. The number of aliphatic imine (C=N–C) groups is 1. The highest BCUT2D eigenvalue weighted by atomic mass is 127. The van der Waals surface area contributed by atoms with Gasteiger partial charge in [0.15, 0.2) is 5.96 Å². The Morgan fingerprint density at radius 1 is 1.42 bits per heavy atom. The van der Waals surface area contributed by atoms with Crippen LogP contribution in [0.15, 0.2) is 41.9 Å². The van der Waals surface area contributed by atoms with Crippen molar-refractivity contribution < 1.29 is 13.5 Å². The van der Waals surface area contributed by atoms with E-state index in [0.29, 0.717) is 6.54 Å². The van der Waals surface area contributed by atoms with Crippen LogP contribution in [-0.2, 0) is 6.54 Å². The summed E-state index contributed by atoms with van der Waals surface area (Å²) >= 11 is 1.80. The van der Waals surface area contributed by atoms with Gasteiger partial charge in [-0.25, -0.2) is 0 Å². The van der Waals surface area contributed by atoms with Crippen molar-refractivity contribution in [3.63, 3.8) is 0 Å². The summed E-state index contributed by atoms with van der Waals surface area (Å²) in [6.07, 6.45) is 1.88. The van der Waals surface area contributed by atoms with Gasteiger partial charge in [-0.15, -0.1) is 30.6 Å². The summed E-state index contributed by atoms with van der Waals surface area (Å²) < 4.78 is 28.6. The Hall–Kier alpha value is -1.03. The molecule has 1 N–H and O–H groups in total. The molecule has 0 aliphatic carbocycles. The third-order valence-electron chi connectivity index (χ3n) is 2.91. The molecule has 1 aromatic rings. The lowest BCUT2D eigenvalue weighted by atomic mass is 10.2. The van der Waals surface area contributed by atoms with Gasteiger partial charge in [0.25, 0.3) is 0 Å². The number of hydrogen-bond acceptors (Lipinski definition) is 3. The minimum absolute atomic E-state index is 0. The zero-order valence-electron chi connectivity index (χ0n) is 13.9. The molecule has 0 aromatic heterocycles. The monoisotopic (exact) mass is 471 g/mol. The molecule has 1 rings (SSSR count). The van der Waals surface area contributed by atoms with Crippen LogP contribution in [0, 0.1) is 0 Å². The van der Waals surface area contributed by atoms with E-state index in [1.54, 1.807) is 30.9 Å². The fourth-order valence-corrected chi connectivity index (χ4v) is 2.49. The van der Waals surface area contributed by atoms with Crippen molar-refractivity contribution in [1.29, 1.82) is 0 Å². The predicted molar refractivity (Wildman–Crippen MR) is 109 cm³/mol. The summed E-state index contributed by atoms with van der Waals surface area (Å²) in [5, 5.41) is 3.28. The average molecular weight is 471 g/mol. The summed E-state index contributed by atoms with van der Waals surface area (Å²) in [4.78, 5) is 6.21. The molecule has 0 unspecified atom stereocenters. The third-order valence-corrected chi connectivity index (χ3v) is 3.87. The number of benzene rings is 1. The van der Waals surface area contributed by atoms with E-state index in [1.165, 1.54) is 12.1 Å². The summed E-state index contributed by atoms with van der Waals surface area (Å²) in [6.45, 7) is 2.32. The highest BCUT2D eigenvalue weighted by Crippen LogP contribution is 2.15. The lowest BCUT2D eigenvalue weighted by Crippen LogP contribution is -2.39. The largest absolute Gasteiger partial charge is 0.435 e. The van der Waals surface area contributed by atoms with Crippen LogP contribution in [0.25, 0.3) is 0 Å². The van der Waals surface area contributed by atoms with E-state index in [4.69, 9.17) is 0 Å². The molecule has 24 heavy (non-hydrogen) atoms. The zero-order valence-corrected chi connectivity index (χ0v) is 17.0. The minimum atomic E-state index is -2.80. The van der Waals surface area contributed by atoms with E-state index in [2.05, 4.69) is 21.6 Å². The van der Waals surface area contributed by atoms with Gasteiger partial charge in [-0.3, -0.25) is 4.99 Å². The number of hydrogen-bond donors (Lipinski definition) is 1. The SMILES string of the molecule is C=CCSCCNC(=NC)N(C)Cc1ccc(OC(F)F)cc1.I. The maximum atomic E-state index is 12.1. The summed E-state index contributed by atoms with van der Waals surface area (Å²) in [5.74, 6) is 2.85. The summed E-state index contributed by atoms with van der Waals surface area (Å²) in [5.41, 5.74) is 0.984. The normalized spacial score (nSPS) is 11.0. The van der Waals surface area contributed by atoms with Crippen molar-refractivity contribution in [2.24, 2.45) is 4.99 Å². The Labute approximate surface area is 163 Å². The van der Waals surface area contributed by atoms with Gasteiger partial charge in [0.05, 0.1) is 0 Å². The number of rotatable bonds is 9. The molecule has 4 nitrogen and oxygen atoms in total. The molecular formula is C16H24F2IN3OS. The Morgan fingerprint density at radius 3 is 2.62 bits per heavy atom. The second-order valence-corrected chi connectivity index (χ2v) is 5.87. The van der Waals surface area contributed by atoms with Gasteiger partial charge in [0.2, 0.25) is 0 Å². The second kappa shape index (κ2) is 13.3. The Morgan fingerprint density at radius 2 is 2.08 bits per heavy atom. The summed E-state index contributed by atoms with van der Waals surface area (Å²) in [6, 6.07) is 6.61. The second-order valence-electron chi connectivity index (χ2n) is 4.72. The molecule has 0 spiro atoms. The van der Waals surface area contributed by atoms with Crippen LogP contribution in [0.4, 0.5) is 8.78 Å². The number of alkyl halides is 2. The fraction of sp³-hybridized carbons (Fsp3) is 0.438. The average Bonchev–Trinajstić information content (AvgIpc) is 2.52. The van der Waals surface area contributed by atoms with E-state index in [-0.39, 0.29) is 29.7 Å². The maximum absolute atomic E-state index is 12.1. The Kier molecular flexibility index (Phi) is 12.7. The summed E-state index contributed by atoms with van der Waals surface area (Å²) in [7, 11) is 3.66. The number of thioether (sulfide) groups is 1. The van der Waals surface area contributed by atoms with Gasteiger partial charge in [-0.2, -0.15) is 20.5 Å². The Balaban J connectivity index is 0.00000529. The standard InChI is InChI=1S/C16H23F2N3OS.HI/c1-4-10-23-11-9-20-16(19-2)21(3)12-13-5-7-14(8-6-13)22-15(17)18;/h4-8,15H,1,9-12H2,2-3H3,(H,19,20);1H. The number of nitrogens with zero attached hydrogens (tertiary/aromatic N) is 2. The van der Waals surface area contributed by atoms with Crippen LogP contribution in [0.5, 0.6) is 5.75 Å². The first-order valence-electron chi connectivity index (χ1n) is 7.21. The smallest absolute Gasteiger partial charge is 0.387 e. The topological polar surface area (TPSA) is 36.9 Å². The predicted octanol–water partition coefficient (Wildman–Crippen LogP) is 3.83. The highest BCUT2D eigenvalue weighted by molar-refractivity contribution is 14.0. The molecule has 0 fully saturated rings. The number of halogens is 3. The first-order valence-corrected chi connectivity index (χ1v) is 8.36. The third kappa shape index (κ3) is 9.31.